The zero-order valence-corrected chi connectivity index (χ0v) is 12.5. The van der Waals surface area contributed by atoms with Crippen LogP contribution in [0.15, 0.2) is 60.9 Å². The summed E-state index contributed by atoms with van der Waals surface area (Å²) < 4.78 is 2.00. The molecule has 3 aromatic rings. The number of aryl methyl sites for hydroxylation is 1. The summed E-state index contributed by atoms with van der Waals surface area (Å²) in [6.07, 6.45) is 2.59. The van der Waals surface area contributed by atoms with E-state index in [0.29, 0.717) is 0 Å². The van der Waals surface area contributed by atoms with E-state index in [-0.39, 0.29) is 12.1 Å². The fourth-order valence-corrected chi connectivity index (χ4v) is 3.24. The van der Waals surface area contributed by atoms with Crippen LogP contribution in [0.2, 0.25) is 0 Å². The molecular formula is C18H18N4. The van der Waals surface area contributed by atoms with Gasteiger partial charge in [-0.25, -0.2) is 4.68 Å². The lowest BCUT2D eigenvalue weighted by Crippen LogP contribution is -2.28. The SMILES string of the molecule is Cc1ccccc1[C@H]1C[C@@H](c2ccccc2)Nc2ncnn21. The van der Waals surface area contributed by atoms with Crippen LogP contribution < -0.4 is 5.32 Å². The van der Waals surface area contributed by atoms with Crippen LogP contribution in [-0.4, -0.2) is 14.8 Å². The minimum atomic E-state index is 0.213. The van der Waals surface area contributed by atoms with Crippen molar-refractivity contribution in [3.63, 3.8) is 0 Å². The van der Waals surface area contributed by atoms with E-state index in [1.807, 2.05) is 10.7 Å². The molecule has 0 radical (unpaired) electrons. The molecule has 2 heterocycles. The van der Waals surface area contributed by atoms with Gasteiger partial charge in [0.05, 0.1) is 12.1 Å². The summed E-state index contributed by atoms with van der Waals surface area (Å²) in [5, 5.41) is 7.93. The number of benzene rings is 2. The summed E-state index contributed by atoms with van der Waals surface area (Å²) in [5.74, 6) is 0.841. The van der Waals surface area contributed by atoms with Crippen LogP contribution in [0.5, 0.6) is 0 Å². The van der Waals surface area contributed by atoms with E-state index in [2.05, 4.69) is 70.9 Å². The number of nitrogens with zero attached hydrogens (tertiary/aromatic N) is 3. The monoisotopic (exact) mass is 290 g/mol. The molecule has 1 N–H and O–H groups in total. The maximum absolute atomic E-state index is 4.43. The molecule has 0 bridgehead atoms. The second kappa shape index (κ2) is 5.30. The largest absolute Gasteiger partial charge is 0.348 e. The van der Waals surface area contributed by atoms with E-state index in [1.165, 1.54) is 16.7 Å². The first-order valence-electron chi connectivity index (χ1n) is 7.59. The molecule has 1 aliphatic rings. The van der Waals surface area contributed by atoms with Gasteiger partial charge in [-0.1, -0.05) is 54.6 Å². The molecule has 0 spiro atoms. The standard InChI is InChI=1S/C18H18N4/c1-13-7-5-6-10-15(13)17-11-16(14-8-3-2-4-9-14)21-18-19-12-20-22(17)18/h2-10,12,16-17H,11H2,1H3,(H,19,20,21)/t16-,17+/m0/s1. The van der Waals surface area contributed by atoms with Gasteiger partial charge in [-0.15, -0.1) is 0 Å². The van der Waals surface area contributed by atoms with E-state index in [0.717, 1.165) is 12.4 Å². The molecule has 110 valence electrons. The first-order chi connectivity index (χ1) is 10.8. The molecule has 4 nitrogen and oxygen atoms in total. The van der Waals surface area contributed by atoms with Gasteiger partial charge in [0.2, 0.25) is 5.95 Å². The van der Waals surface area contributed by atoms with Crippen LogP contribution in [-0.2, 0) is 0 Å². The molecule has 0 saturated carbocycles. The lowest BCUT2D eigenvalue weighted by molar-refractivity contribution is 0.429. The lowest BCUT2D eigenvalue weighted by atomic mass is 9.91. The van der Waals surface area contributed by atoms with Gasteiger partial charge in [0.15, 0.2) is 0 Å². The molecule has 0 fully saturated rings. The van der Waals surface area contributed by atoms with Gasteiger partial charge in [-0.05, 0) is 30.0 Å². The van der Waals surface area contributed by atoms with E-state index >= 15 is 0 Å². The van der Waals surface area contributed by atoms with E-state index in [9.17, 15) is 0 Å². The Morgan fingerprint density at radius 3 is 2.64 bits per heavy atom. The first-order valence-corrected chi connectivity index (χ1v) is 7.59. The van der Waals surface area contributed by atoms with E-state index < -0.39 is 0 Å². The number of aromatic nitrogens is 3. The summed E-state index contributed by atoms with van der Waals surface area (Å²) in [4.78, 5) is 4.38. The zero-order chi connectivity index (χ0) is 14.9. The first kappa shape index (κ1) is 13.1. The number of fused-ring (bicyclic) bond motifs is 1. The van der Waals surface area contributed by atoms with Gasteiger partial charge in [-0.2, -0.15) is 10.1 Å². The number of anilines is 1. The van der Waals surface area contributed by atoms with Gasteiger partial charge in [-0.3, -0.25) is 0 Å². The Hall–Kier alpha value is -2.62. The van der Waals surface area contributed by atoms with Crippen LogP contribution >= 0.6 is 0 Å². The molecular weight excluding hydrogens is 272 g/mol. The highest BCUT2D eigenvalue weighted by atomic mass is 15.4. The summed E-state index contributed by atoms with van der Waals surface area (Å²) in [6.45, 7) is 2.16. The van der Waals surface area contributed by atoms with Crippen LogP contribution in [0.4, 0.5) is 5.95 Å². The molecule has 4 heteroatoms. The molecule has 2 aromatic carbocycles. The van der Waals surface area contributed by atoms with Gasteiger partial charge >= 0.3 is 0 Å². The van der Waals surface area contributed by atoms with Crippen molar-refractivity contribution in [1.82, 2.24) is 14.8 Å². The average molecular weight is 290 g/mol. The molecule has 2 atom stereocenters. The van der Waals surface area contributed by atoms with Crippen molar-refractivity contribution in [3.8, 4) is 0 Å². The maximum Gasteiger partial charge on any atom is 0.222 e. The van der Waals surface area contributed by atoms with Gasteiger partial charge < -0.3 is 5.32 Å². The van der Waals surface area contributed by atoms with Crippen molar-refractivity contribution in [2.45, 2.75) is 25.4 Å². The molecule has 4 rings (SSSR count). The van der Waals surface area contributed by atoms with Crippen LogP contribution in [0.1, 0.15) is 35.2 Å². The van der Waals surface area contributed by atoms with Gasteiger partial charge in [0, 0.05) is 0 Å². The van der Waals surface area contributed by atoms with Crippen molar-refractivity contribution in [2.75, 3.05) is 5.32 Å². The Bertz CT molecular complexity index is 779. The third-order valence-corrected chi connectivity index (χ3v) is 4.38. The Morgan fingerprint density at radius 2 is 1.82 bits per heavy atom. The topological polar surface area (TPSA) is 42.7 Å². The molecule has 1 aliphatic heterocycles. The maximum atomic E-state index is 4.43. The van der Waals surface area contributed by atoms with E-state index in [4.69, 9.17) is 0 Å². The fourth-order valence-electron chi connectivity index (χ4n) is 3.24. The Morgan fingerprint density at radius 1 is 1.05 bits per heavy atom. The highest BCUT2D eigenvalue weighted by molar-refractivity contribution is 5.39. The van der Waals surface area contributed by atoms with E-state index in [1.54, 1.807) is 6.33 Å². The van der Waals surface area contributed by atoms with Crippen LogP contribution in [0, 0.1) is 6.92 Å². The van der Waals surface area contributed by atoms with Gasteiger partial charge in [0.25, 0.3) is 0 Å². The second-order valence-electron chi connectivity index (χ2n) is 5.74. The Kier molecular flexibility index (Phi) is 3.15. The fraction of sp³-hybridized carbons (Fsp3) is 0.222. The molecule has 1 aromatic heterocycles. The predicted octanol–water partition coefficient (Wildman–Crippen LogP) is 3.73. The number of nitrogens with one attached hydrogen (secondary N) is 1. The predicted molar refractivity (Wildman–Crippen MR) is 86.8 cm³/mol. The summed E-state index contributed by atoms with van der Waals surface area (Å²) >= 11 is 0. The van der Waals surface area contributed by atoms with Crippen LogP contribution in [0.25, 0.3) is 0 Å². The van der Waals surface area contributed by atoms with Crippen molar-refractivity contribution >= 4 is 5.95 Å². The third kappa shape index (κ3) is 2.17. The molecule has 0 aliphatic carbocycles. The van der Waals surface area contributed by atoms with Crippen molar-refractivity contribution in [2.24, 2.45) is 0 Å². The highest BCUT2D eigenvalue weighted by Gasteiger charge is 2.30. The lowest BCUT2D eigenvalue weighted by Gasteiger charge is -2.32. The minimum Gasteiger partial charge on any atom is -0.348 e. The second-order valence-corrected chi connectivity index (χ2v) is 5.74. The van der Waals surface area contributed by atoms with Crippen molar-refractivity contribution in [3.05, 3.63) is 77.6 Å². The zero-order valence-electron chi connectivity index (χ0n) is 12.5. The number of rotatable bonds is 2. The van der Waals surface area contributed by atoms with Gasteiger partial charge in [0.1, 0.15) is 6.33 Å². The van der Waals surface area contributed by atoms with Crippen molar-refractivity contribution in [1.29, 1.82) is 0 Å². The van der Waals surface area contributed by atoms with Crippen LogP contribution in [0.3, 0.4) is 0 Å². The summed E-state index contributed by atoms with van der Waals surface area (Å²) in [5.41, 5.74) is 3.90. The van der Waals surface area contributed by atoms with Crippen molar-refractivity contribution < 1.29 is 0 Å². The average Bonchev–Trinajstić information content (AvgIpc) is 3.04. The normalized spacial score (nSPS) is 20.2. The Labute approximate surface area is 129 Å². The molecule has 0 saturated heterocycles. The Balaban J connectivity index is 1.77. The smallest absolute Gasteiger partial charge is 0.222 e. The minimum absolute atomic E-state index is 0.213. The summed E-state index contributed by atoms with van der Waals surface area (Å²) in [6, 6.07) is 19.5. The highest BCUT2D eigenvalue weighted by Crippen LogP contribution is 2.38. The summed E-state index contributed by atoms with van der Waals surface area (Å²) in [7, 11) is 0. The molecule has 22 heavy (non-hydrogen) atoms. The number of hydrogen-bond acceptors (Lipinski definition) is 3. The quantitative estimate of drug-likeness (QED) is 0.782. The molecule has 0 unspecified atom stereocenters. The number of hydrogen-bond donors (Lipinski definition) is 1. The third-order valence-electron chi connectivity index (χ3n) is 4.38. The molecule has 0 amide bonds.